The van der Waals surface area contributed by atoms with Crippen LogP contribution in [0.5, 0.6) is 57.5 Å². The Bertz CT molecular complexity index is 8970. The monoisotopic (exact) mass is 1880 g/mol. The lowest BCUT2D eigenvalue weighted by Crippen LogP contribution is -2.59. The summed E-state index contributed by atoms with van der Waals surface area (Å²) in [5, 5.41) is 0. The third-order valence-electron chi connectivity index (χ3n) is 31.2. The maximum Gasteiger partial charge on any atom is 0.270 e. The summed E-state index contributed by atoms with van der Waals surface area (Å²) in [6, 6.07) is 169. The Labute approximate surface area is 851 Å². The zero-order chi connectivity index (χ0) is 95.0. The lowest BCUT2D eigenvalue weighted by atomic mass is 9.34. The van der Waals surface area contributed by atoms with Crippen molar-refractivity contribution in [3.63, 3.8) is 0 Å². The van der Waals surface area contributed by atoms with Gasteiger partial charge >= 0.3 is 0 Å². The molecule has 5 nitrogen and oxygen atoms in total. The van der Waals surface area contributed by atoms with Gasteiger partial charge in [0.05, 0.1) is 0 Å². The van der Waals surface area contributed by atoms with Crippen molar-refractivity contribution in [3.05, 3.63) is 500 Å². The maximum absolute atomic E-state index is 6.60. The molecule has 0 amide bonds. The van der Waals surface area contributed by atoms with Gasteiger partial charge in [0.2, 0.25) is 6.71 Å². The van der Waals surface area contributed by atoms with Crippen molar-refractivity contribution in [2.45, 2.75) is 38.8 Å². The number of fused-ring (bicyclic) bond motifs is 17. The van der Waals surface area contributed by atoms with Gasteiger partial charge in [-0.05, 0) is 323 Å². The van der Waals surface area contributed by atoms with Crippen LogP contribution >= 0.6 is 23.5 Å². The summed E-state index contributed by atoms with van der Waals surface area (Å²) >= 11 is 3.88. The normalized spacial score (nSPS) is 13.2. The van der Waals surface area contributed by atoms with Gasteiger partial charge < -0.3 is 23.7 Å². The molecule has 0 N–H and O–H groups in total. The first-order valence-corrected chi connectivity index (χ1v) is 51.7. The number of hydrogen-bond acceptors (Lipinski definition) is 7. The average Bonchev–Trinajstić information content (AvgIpc) is 1.35. The Morgan fingerprint density at radius 2 is 0.379 bits per heavy atom. The van der Waals surface area contributed by atoms with Crippen LogP contribution in [0.1, 0.15) is 33.4 Å². The fraction of sp³-hybridized carbons (Fsp3) is 0.0222. The first-order chi connectivity index (χ1) is 71.8. The summed E-state index contributed by atoms with van der Waals surface area (Å²) in [4.78, 5) is 5.55. The first kappa shape index (κ1) is 83.5. The van der Waals surface area contributed by atoms with E-state index in [1.807, 2.05) is 72.1 Å². The van der Waals surface area contributed by atoms with Gasteiger partial charge in [-0.25, -0.2) is 0 Å². The summed E-state index contributed by atoms with van der Waals surface area (Å²) in [5.74, 6) is 8.56. The largest absolute Gasteiger partial charge is 0.458 e. The van der Waals surface area contributed by atoms with Crippen LogP contribution in [0.25, 0.3) is 145 Å². The molecule has 10 heteroatoms. The molecule has 7 heterocycles. The van der Waals surface area contributed by atoms with E-state index in [-0.39, 0.29) is 13.4 Å². The Morgan fingerprint density at radius 1 is 0.138 bits per heavy atom. The lowest BCUT2D eigenvalue weighted by molar-refractivity contribution is 0.443. The van der Waals surface area contributed by atoms with Crippen molar-refractivity contribution in [2.75, 3.05) is 0 Å². The van der Waals surface area contributed by atoms with Gasteiger partial charge in [0, 0.05) is 41.4 Å². The molecule has 0 bridgehead atoms. The smallest absolute Gasteiger partial charge is 0.270 e. The van der Waals surface area contributed by atoms with Gasteiger partial charge in [0.1, 0.15) is 57.5 Å². The highest BCUT2D eigenvalue weighted by Gasteiger charge is 2.48. The van der Waals surface area contributed by atoms with Crippen LogP contribution in [-0.2, 0) is 19.3 Å². The summed E-state index contributed by atoms with van der Waals surface area (Å²) in [7, 11) is 0. The van der Waals surface area contributed by atoms with Crippen LogP contribution in [0.3, 0.4) is 0 Å². The van der Waals surface area contributed by atoms with Gasteiger partial charge in [-0.1, -0.05) is 392 Å². The van der Waals surface area contributed by atoms with Crippen molar-refractivity contribution in [1.29, 1.82) is 0 Å². The van der Waals surface area contributed by atoms with E-state index in [1.165, 1.54) is 203 Å². The molecule has 10 aliphatic rings. The van der Waals surface area contributed by atoms with Gasteiger partial charge in [-0.3, -0.25) is 0 Å². The van der Waals surface area contributed by atoms with Crippen molar-refractivity contribution in [2.24, 2.45) is 0 Å². The van der Waals surface area contributed by atoms with Crippen LogP contribution < -0.4 is 72.8 Å². The number of rotatable bonds is 10. The maximum atomic E-state index is 6.60. The lowest BCUT2D eigenvalue weighted by Gasteiger charge is -2.37. The predicted molar refractivity (Wildman–Crippen MR) is 600 cm³/mol. The number of hydrogen-bond donors (Lipinski definition) is 0. The van der Waals surface area contributed by atoms with E-state index in [0.29, 0.717) is 6.71 Å². The summed E-state index contributed by atoms with van der Waals surface area (Å²) in [5.41, 5.74) is 52.3. The second-order valence-electron chi connectivity index (χ2n) is 39.1. The topological polar surface area (TPSA) is 46.2 Å². The molecular weight excluding hydrogens is 1800 g/mol. The third-order valence-corrected chi connectivity index (χ3v) is 33.5. The zero-order valence-corrected chi connectivity index (χ0v) is 80.3. The highest BCUT2D eigenvalue weighted by atomic mass is 32.2. The molecule has 22 aromatic rings. The molecule has 0 saturated heterocycles. The van der Waals surface area contributed by atoms with E-state index in [4.69, 9.17) is 23.7 Å². The summed E-state index contributed by atoms with van der Waals surface area (Å²) in [6.07, 6.45) is 2.76. The van der Waals surface area contributed by atoms with Crippen molar-refractivity contribution in [3.8, 4) is 202 Å². The van der Waals surface area contributed by atoms with Crippen LogP contribution in [0.2, 0.25) is 0 Å². The van der Waals surface area contributed by atoms with Crippen LogP contribution in [0, 0.1) is 0 Å². The van der Waals surface area contributed by atoms with E-state index in [9.17, 15) is 0 Å². The fourth-order valence-electron chi connectivity index (χ4n) is 24.7. The minimum Gasteiger partial charge on any atom is -0.458 e. The molecule has 0 spiro atoms. The third kappa shape index (κ3) is 13.7. The first-order valence-electron chi connectivity index (χ1n) is 50.1. The number of benzene rings is 22. The number of para-hydroxylation sites is 2. The summed E-state index contributed by atoms with van der Waals surface area (Å²) in [6.45, 7) is 0.385. The Kier molecular flexibility index (Phi) is 19.4. The molecule has 0 unspecified atom stereocenters. The number of ether oxygens (including phenoxy) is 5. The van der Waals surface area contributed by atoms with Gasteiger partial charge in [-0.15, -0.1) is 0 Å². The van der Waals surface area contributed by atoms with E-state index in [1.54, 1.807) is 0 Å². The fourth-order valence-corrected chi connectivity index (χ4v) is 27.2. The Balaban J connectivity index is 0.000000102. The van der Waals surface area contributed by atoms with Crippen molar-refractivity contribution < 1.29 is 23.7 Å². The van der Waals surface area contributed by atoms with E-state index in [0.717, 1.165) is 121 Å². The van der Waals surface area contributed by atoms with Gasteiger partial charge in [-0.2, -0.15) is 0 Å². The van der Waals surface area contributed by atoms with Gasteiger partial charge in [0.25, 0.3) is 13.4 Å². The van der Waals surface area contributed by atoms with Crippen molar-refractivity contribution in [1.82, 2.24) is 0 Å². The molecule has 32 rings (SSSR count). The standard InChI is InChI=1S/C49H29BO3.C49H31BO2.C37H23BS2/c1-3-10-29(11-4-1)33-24-37(31-12-5-2-6-13-31)40-28-39-35(14-7-15-36(39)38(40)25-33)32-22-20-30(21-23-32)34-26-45-49-46(27-34)53-44-19-9-17-42-48(44)50(49)47-41(51-42)16-8-18-43(47)52-45;1-3-12-31(13-4-1)35-26-39(42-30-41-37(33-14-5-2-6-15-33)16-11-17-38(41)40(42)27-35)34-24-22-32(23-25-34)36-28-47-49-48(29-36)52-46-21-10-8-19-44(46)50(49)43-18-7-9-20-45(43)51-47;1-2-10-23(11-3-1)25-12-8-14-27-28-15-9-13-26(30(28)22-29(25)27)24-20-35-37-36(21-24)40-34-19-7-5-17-32(34)38(37)31-16-4-6-18-33(31)39-35/h1-27H,28H2;1-29H,30H2;1-21H,22H2. The van der Waals surface area contributed by atoms with Gasteiger partial charge in [0.15, 0.2) is 0 Å². The van der Waals surface area contributed by atoms with E-state index >= 15 is 0 Å². The molecule has 0 saturated carbocycles. The quantitative estimate of drug-likeness (QED) is 0.126. The Hall–Kier alpha value is -17.3. The molecular formula is C135H83B3O5S2. The minimum atomic E-state index is 0.0144. The molecule has 145 heavy (non-hydrogen) atoms. The summed E-state index contributed by atoms with van der Waals surface area (Å²) < 4.78 is 32.7. The minimum absolute atomic E-state index is 0.0144. The van der Waals surface area contributed by atoms with Crippen LogP contribution in [-0.4, -0.2) is 20.1 Å². The predicted octanol–water partition coefficient (Wildman–Crippen LogP) is 29.4. The van der Waals surface area contributed by atoms with E-state index in [2.05, 4.69) is 419 Å². The highest BCUT2D eigenvalue weighted by molar-refractivity contribution is 8.01. The van der Waals surface area contributed by atoms with Crippen LogP contribution in [0.4, 0.5) is 0 Å². The molecule has 22 aromatic carbocycles. The second kappa shape index (κ2) is 33.7. The average molecular weight is 1880 g/mol. The van der Waals surface area contributed by atoms with Crippen LogP contribution in [0.15, 0.2) is 487 Å². The molecule has 0 aromatic heterocycles. The molecule has 0 atom stereocenters. The second-order valence-corrected chi connectivity index (χ2v) is 41.3. The molecule has 0 radical (unpaired) electrons. The zero-order valence-electron chi connectivity index (χ0n) is 78.7. The molecule has 0 fully saturated rings. The Morgan fingerprint density at radius 3 is 0.779 bits per heavy atom. The molecule has 3 aliphatic carbocycles. The van der Waals surface area contributed by atoms with Crippen molar-refractivity contribution >= 4 is 92.8 Å². The molecule has 674 valence electrons. The molecule has 7 aliphatic heterocycles. The highest BCUT2D eigenvalue weighted by Crippen LogP contribution is 2.54. The van der Waals surface area contributed by atoms with E-state index < -0.39 is 0 Å². The SMILES string of the molecule is c1ccc(-c2cc(-c3ccc(-c4cc5c6c(c4)Oc4ccccc4B6c4ccccc4O5)cc3)c3c(c2)-c2cccc(-c4ccccc4)c2C3)cc1.c1ccc(-c2cc(-c3ccccc3)c3c(c2)-c2cccc(-c4ccc(-c5cc6c7c(c5)Oc5cccc8c5B7c5c(cccc5O6)O8)cc4)c2C3)cc1.c1ccc(-c2cccc3c2Cc2c(-c4cc5c6c(c4)Sc4ccccc4B6c4ccccc4S5)cccc2-3)cc1.